The van der Waals surface area contributed by atoms with E-state index in [1.165, 1.54) is 12.8 Å². The summed E-state index contributed by atoms with van der Waals surface area (Å²) in [5.41, 5.74) is 2.96. The average Bonchev–Trinajstić information content (AvgIpc) is 3.16. The first kappa shape index (κ1) is 13.3. The minimum absolute atomic E-state index is 0.0180. The van der Waals surface area contributed by atoms with Gasteiger partial charge >= 0.3 is 0 Å². The molecule has 3 nitrogen and oxygen atoms in total. The van der Waals surface area contributed by atoms with Gasteiger partial charge in [-0.2, -0.15) is 0 Å². The lowest BCUT2D eigenvalue weighted by molar-refractivity contribution is 0.0939. The van der Waals surface area contributed by atoms with E-state index in [1.54, 1.807) is 6.20 Å². The first-order valence-corrected chi connectivity index (χ1v) is 7.26. The van der Waals surface area contributed by atoms with Gasteiger partial charge in [0.25, 0.3) is 5.91 Å². The SMILES string of the molecule is C[C@@H](NC(=O)c1c[nH]cc1C1CC1)c1ccc(Cl)cc1. The number of H-pyrrole nitrogens is 1. The van der Waals surface area contributed by atoms with Crippen molar-refractivity contribution in [2.45, 2.75) is 31.7 Å². The molecule has 0 saturated heterocycles. The van der Waals surface area contributed by atoms with Crippen LogP contribution in [0.15, 0.2) is 36.7 Å². The Balaban J connectivity index is 1.71. The molecule has 0 unspecified atom stereocenters. The fraction of sp³-hybridized carbons (Fsp3) is 0.312. The van der Waals surface area contributed by atoms with Crippen LogP contribution in [-0.4, -0.2) is 10.9 Å². The highest BCUT2D eigenvalue weighted by atomic mass is 35.5. The molecular weight excluding hydrogens is 272 g/mol. The highest BCUT2D eigenvalue weighted by molar-refractivity contribution is 6.30. The van der Waals surface area contributed by atoms with E-state index in [9.17, 15) is 4.79 Å². The second-order valence-electron chi connectivity index (χ2n) is 5.35. The topological polar surface area (TPSA) is 44.9 Å². The first-order valence-electron chi connectivity index (χ1n) is 6.88. The summed E-state index contributed by atoms with van der Waals surface area (Å²) in [5.74, 6) is 0.545. The second-order valence-corrected chi connectivity index (χ2v) is 5.78. The Labute approximate surface area is 123 Å². The smallest absolute Gasteiger partial charge is 0.253 e. The van der Waals surface area contributed by atoms with Gasteiger partial charge in [-0.3, -0.25) is 4.79 Å². The van der Waals surface area contributed by atoms with Crippen molar-refractivity contribution in [3.63, 3.8) is 0 Å². The molecule has 1 aromatic heterocycles. The zero-order chi connectivity index (χ0) is 14.1. The van der Waals surface area contributed by atoms with Crippen LogP contribution in [0.4, 0.5) is 0 Å². The van der Waals surface area contributed by atoms with Crippen LogP contribution >= 0.6 is 11.6 Å². The van der Waals surface area contributed by atoms with Crippen LogP contribution in [0.25, 0.3) is 0 Å². The number of rotatable bonds is 4. The molecule has 0 bridgehead atoms. The van der Waals surface area contributed by atoms with Crippen LogP contribution in [0.3, 0.4) is 0 Å². The largest absolute Gasteiger partial charge is 0.367 e. The Kier molecular flexibility index (Phi) is 3.53. The maximum Gasteiger partial charge on any atom is 0.253 e. The fourth-order valence-corrected chi connectivity index (χ4v) is 2.54. The lowest BCUT2D eigenvalue weighted by atomic mass is 10.1. The minimum atomic E-state index is -0.0401. The number of benzene rings is 1. The molecule has 1 fully saturated rings. The molecule has 1 aliphatic carbocycles. The molecular formula is C16H17ClN2O. The lowest BCUT2D eigenvalue weighted by Crippen LogP contribution is -2.27. The molecule has 1 aliphatic rings. The summed E-state index contributed by atoms with van der Waals surface area (Å²) in [6.07, 6.45) is 6.10. The number of hydrogen-bond donors (Lipinski definition) is 2. The van der Waals surface area contributed by atoms with Crippen LogP contribution in [0.2, 0.25) is 5.02 Å². The van der Waals surface area contributed by atoms with Gasteiger partial charge in [-0.05, 0) is 48.9 Å². The maximum absolute atomic E-state index is 12.4. The number of aromatic nitrogens is 1. The Morgan fingerprint density at radius 2 is 2.00 bits per heavy atom. The van der Waals surface area contributed by atoms with Gasteiger partial charge in [0.1, 0.15) is 0 Å². The summed E-state index contributed by atoms with van der Waals surface area (Å²) in [6, 6.07) is 7.51. The van der Waals surface area contributed by atoms with Crippen LogP contribution in [0, 0.1) is 0 Å². The number of carbonyl (C=O) groups is 1. The van der Waals surface area contributed by atoms with Gasteiger partial charge in [0, 0.05) is 17.4 Å². The molecule has 0 spiro atoms. The highest BCUT2D eigenvalue weighted by Crippen LogP contribution is 2.41. The second kappa shape index (κ2) is 5.33. The third-order valence-corrected chi connectivity index (χ3v) is 4.01. The standard InChI is InChI=1S/C16H17ClN2O/c1-10(11-4-6-13(17)7-5-11)19-16(20)15-9-18-8-14(15)12-2-3-12/h4-10,12,18H,2-3H2,1H3,(H,19,20)/t10-/m1/s1. The van der Waals surface area contributed by atoms with Crippen LogP contribution < -0.4 is 5.32 Å². The van der Waals surface area contributed by atoms with Gasteiger partial charge in [-0.25, -0.2) is 0 Å². The van der Waals surface area contributed by atoms with Crippen LogP contribution in [-0.2, 0) is 0 Å². The number of aromatic amines is 1. The summed E-state index contributed by atoms with van der Waals surface area (Å²) >= 11 is 5.87. The van der Waals surface area contributed by atoms with Crippen molar-refractivity contribution in [3.8, 4) is 0 Å². The van der Waals surface area contributed by atoms with Crippen molar-refractivity contribution >= 4 is 17.5 Å². The quantitative estimate of drug-likeness (QED) is 0.876. The van der Waals surface area contributed by atoms with Gasteiger partial charge < -0.3 is 10.3 Å². The summed E-state index contributed by atoms with van der Waals surface area (Å²) < 4.78 is 0. The van der Waals surface area contributed by atoms with E-state index >= 15 is 0 Å². The van der Waals surface area contributed by atoms with Crippen molar-refractivity contribution in [1.29, 1.82) is 0 Å². The molecule has 20 heavy (non-hydrogen) atoms. The fourth-order valence-electron chi connectivity index (χ4n) is 2.41. The molecule has 1 atom stereocenters. The lowest BCUT2D eigenvalue weighted by Gasteiger charge is -2.14. The number of amides is 1. The van der Waals surface area contributed by atoms with Crippen molar-refractivity contribution in [1.82, 2.24) is 10.3 Å². The molecule has 1 saturated carbocycles. The van der Waals surface area contributed by atoms with E-state index < -0.39 is 0 Å². The van der Waals surface area contributed by atoms with Crippen molar-refractivity contribution in [3.05, 3.63) is 58.4 Å². The Hall–Kier alpha value is -1.74. The van der Waals surface area contributed by atoms with E-state index in [0.29, 0.717) is 10.9 Å². The molecule has 2 N–H and O–H groups in total. The molecule has 0 aliphatic heterocycles. The Morgan fingerprint density at radius 3 is 2.65 bits per heavy atom. The Bertz CT molecular complexity index is 614. The molecule has 1 aromatic carbocycles. The predicted octanol–water partition coefficient (Wildman–Crippen LogP) is 4.04. The van der Waals surface area contributed by atoms with E-state index in [4.69, 9.17) is 11.6 Å². The third-order valence-electron chi connectivity index (χ3n) is 3.76. The van der Waals surface area contributed by atoms with E-state index in [2.05, 4.69) is 10.3 Å². The summed E-state index contributed by atoms with van der Waals surface area (Å²) in [5, 5.41) is 3.74. The first-order chi connectivity index (χ1) is 9.65. The molecule has 1 amide bonds. The van der Waals surface area contributed by atoms with Gasteiger partial charge in [-0.1, -0.05) is 23.7 Å². The van der Waals surface area contributed by atoms with Crippen LogP contribution in [0.1, 0.15) is 53.2 Å². The molecule has 3 rings (SSSR count). The van der Waals surface area contributed by atoms with Crippen molar-refractivity contribution in [2.75, 3.05) is 0 Å². The maximum atomic E-state index is 12.4. The van der Waals surface area contributed by atoms with Crippen molar-refractivity contribution < 1.29 is 4.79 Å². The monoisotopic (exact) mass is 288 g/mol. The molecule has 1 heterocycles. The third kappa shape index (κ3) is 2.73. The van der Waals surface area contributed by atoms with Gasteiger partial charge in [-0.15, -0.1) is 0 Å². The van der Waals surface area contributed by atoms with E-state index in [-0.39, 0.29) is 11.9 Å². The number of hydrogen-bond acceptors (Lipinski definition) is 1. The summed E-state index contributed by atoms with van der Waals surface area (Å²) in [6.45, 7) is 1.98. The van der Waals surface area contributed by atoms with Gasteiger partial charge in [0.2, 0.25) is 0 Å². The molecule has 4 heteroatoms. The molecule has 104 valence electrons. The highest BCUT2D eigenvalue weighted by Gasteiger charge is 2.29. The van der Waals surface area contributed by atoms with E-state index in [1.807, 2.05) is 37.4 Å². The average molecular weight is 289 g/mol. The van der Waals surface area contributed by atoms with Crippen LogP contribution in [0.5, 0.6) is 0 Å². The van der Waals surface area contributed by atoms with Gasteiger partial charge in [0.05, 0.1) is 11.6 Å². The summed E-state index contributed by atoms with van der Waals surface area (Å²) in [7, 11) is 0. The zero-order valence-corrected chi connectivity index (χ0v) is 12.1. The van der Waals surface area contributed by atoms with Gasteiger partial charge in [0.15, 0.2) is 0 Å². The number of carbonyl (C=O) groups excluding carboxylic acids is 1. The predicted molar refractivity (Wildman–Crippen MR) is 80.1 cm³/mol. The minimum Gasteiger partial charge on any atom is -0.367 e. The Morgan fingerprint density at radius 1 is 1.30 bits per heavy atom. The van der Waals surface area contributed by atoms with Crippen molar-refractivity contribution in [2.24, 2.45) is 0 Å². The zero-order valence-electron chi connectivity index (χ0n) is 11.3. The molecule has 2 aromatic rings. The molecule has 0 radical (unpaired) electrons. The number of halogens is 1. The summed E-state index contributed by atoms with van der Waals surface area (Å²) in [4.78, 5) is 15.4. The normalized spacial score (nSPS) is 15.9. The van der Waals surface area contributed by atoms with E-state index in [0.717, 1.165) is 16.7 Å². The number of nitrogens with one attached hydrogen (secondary N) is 2.